The SMILES string of the molecule is CC(C)CCCCCN(CCCCCC(C)C)CCCCCC(C)C.CCN(CC)CC. The van der Waals surface area contributed by atoms with Gasteiger partial charge in [0.2, 0.25) is 0 Å². The Morgan fingerprint density at radius 3 is 0.844 bits per heavy atom. The van der Waals surface area contributed by atoms with Crippen molar-refractivity contribution in [1.82, 2.24) is 9.80 Å². The third kappa shape index (κ3) is 28.0. The summed E-state index contributed by atoms with van der Waals surface area (Å²) in [6.45, 7) is 28.2. The van der Waals surface area contributed by atoms with Gasteiger partial charge in [0.25, 0.3) is 0 Å². The van der Waals surface area contributed by atoms with E-state index in [4.69, 9.17) is 0 Å². The average molecular weight is 455 g/mol. The van der Waals surface area contributed by atoms with Gasteiger partial charge in [0.05, 0.1) is 0 Å². The Labute approximate surface area is 206 Å². The van der Waals surface area contributed by atoms with Crippen LogP contribution < -0.4 is 0 Å². The molecule has 0 bridgehead atoms. The number of rotatable bonds is 21. The van der Waals surface area contributed by atoms with Crippen molar-refractivity contribution in [3.63, 3.8) is 0 Å². The van der Waals surface area contributed by atoms with Crippen LogP contribution in [-0.2, 0) is 0 Å². The van der Waals surface area contributed by atoms with E-state index in [-0.39, 0.29) is 0 Å². The smallest absolute Gasteiger partial charge is 0.00187 e. The van der Waals surface area contributed by atoms with Crippen LogP contribution in [0.1, 0.15) is 139 Å². The first-order valence-electron chi connectivity index (χ1n) is 14.7. The van der Waals surface area contributed by atoms with Crippen LogP contribution >= 0.6 is 0 Å². The molecular formula is C30H66N2. The number of hydrogen-bond donors (Lipinski definition) is 0. The monoisotopic (exact) mass is 455 g/mol. The second kappa shape index (κ2) is 25.5. The van der Waals surface area contributed by atoms with E-state index in [0.717, 1.165) is 17.8 Å². The van der Waals surface area contributed by atoms with Crippen LogP contribution in [0.4, 0.5) is 0 Å². The number of unbranched alkanes of at least 4 members (excludes halogenated alkanes) is 6. The normalized spacial score (nSPS) is 11.8. The van der Waals surface area contributed by atoms with Gasteiger partial charge in [-0.05, 0) is 76.3 Å². The van der Waals surface area contributed by atoms with Crippen LogP contribution in [0.5, 0.6) is 0 Å². The van der Waals surface area contributed by atoms with E-state index >= 15 is 0 Å². The van der Waals surface area contributed by atoms with Gasteiger partial charge in [-0.2, -0.15) is 0 Å². The van der Waals surface area contributed by atoms with Crippen LogP contribution in [0.15, 0.2) is 0 Å². The second-order valence-corrected chi connectivity index (χ2v) is 11.2. The minimum Gasteiger partial charge on any atom is -0.304 e. The van der Waals surface area contributed by atoms with Gasteiger partial charge >= 0.3 is 0 Å². The van der Waals surface area contributed by atoms with Crippen molar-refractivity contribution in [1.29, 1.82) is 0 Å². The fourth-order valence-electron chi connectivity index (χ4n) is 4.20. The maximum Gasteiger partial charge on any atom is -0.00187 e. The summed E-state index contributed by atoms with van der Waals surface area (Å²) in [5.41, 5.74) is 0. The molecule has 0 amide bonds. The van der Waals surface area contributed by atoms with E-state index in [1.165, 1.54) is 116 Å². The molecule has 0 aromatic carbocycles. The summed E-state index contributed by atoms with van der Waals surface area (Å²) in [5.74, 6) is 2.62. The summed E-state index contributed by atoms with van der Waals surface area (Å²) in [7, 11) is 0. The number of hydrogen-bond acceptors (Lipinski definition) is 2. The van der Waals surface area contributed by atoms with Crippen molar-refractivity contribution >= 4 is 0 Å². The molecule has 0 spiro atoms. The minimum atomic E-state index is 0.873. The van der Waals surface area contributed by atoms with Gasteiger partial charge in [-0.15, -0.1) is 0 Å². The zero-order chi connectivity index (χ0) is 24.6. The quantitative estimate of drug-likeness (QED) is 0.159. The fraction of sp³-hybridized carbons (Fsp3) is 1.00. The standard InChI is InChI=1S/C24H51N.C6H15N/c1-22(2)16-10-7-13-19-25(20-14-8-11-17-23(3)4)21-15-9-12-18-24(5)6;1-4-7(5-2)6-3/h22-24H,7-21H2,1-6H3;4-6H2,1-3H3. The predicted molar refractivity (Wildman–Crippen MR) is 150 cm³/mol. The molecular weight excluding hydrogens is 388 g/mol. The maximum absolute atomic E-state index is 2.78. The Morgan fingerprint density at radius 2 is 0.656 bits per heavy atom. The van der Waals surface area contributed by atoms with E-state index in [1.54, 1.807) is 0 Å². The van der Waals surface area contributed by atoms with E-state index in [1.807, 2.05) is 0 Å². The summed E-state index contributed by atoms with van der Waals surface area (Å²) in [6, 6.07) is 0. The van der Waals surface area contributed by atoms with Crippen molar-refractivity contribution in [2.45, 2.75) is 139 Å². The van der Waals surface area contributed by atoms with Crippen LogP contribution in [0.3, 0.4) is 0 Å². The summed E-state index contributed by atoms with van der Waals surface area (Å²) in [6.07, 6.45) is 17.0. The first-order chi connectivity index (χ1) is 15.3. The topological polar surface area (TPSA) is 6.48 Å². The molecule has 2 nitrogen and oxygen atoms in total. The van der Waals surface area contributed by atoms with E-state index in [0.29, 0.717) is 0 Å². The molecule has 0 saturated carbocycles. The van der Waals surface area contributed by atoms with Crippen LogP contribution in [0.2, 0.25) is 0 Å². The molecule has 0 rings (SSSR count). The van der Waals surface area contributed by atoms with Gasteiger partial charge in [0.15, 0.2) is 0 Å². The molecule has 0 saturated heterocycles. The van der Waals surface area contributed by atoms with E-state index in [2.05, 4.69) is 72.1 Å². The van der Waals surface area contributed by atoms with E-state index < -0.39 is 0 Å². The van der Waals surface area contributed by atoms with Crippen molar-refractivity contribution in [2.75, 3.05) is 39.3 Å². The molecule has 0 fully saturated rings. The van der Waals surface area contributed by atoms with Gasteiger partial charge < -0.3 is 9.80 Å². The number of nitrogens with zero attached hydrogens (tertiary/aromatic N) is 2. The molecule has 0 aliphatic carbocycles. The molecule has 32 heavy (non-hydrogen) atoms. The van der Waals surface area contributed by atoms with Crippen molar-refractivity contribution in [3.05, 3.63) is 0 Å². The minimum absolute atomic E-state index is 0.873. The van der Waals surface area contributed by atoms with Crippen LogP contribution in [0, 0.1) is 17.8 Å². The largest absolute Gasteiger partial charge is 0.304 e. The summed E-state index contributed by atoms with van der Waals surface area (Å²) in [5, 5.41) is 0. The second-order valence-electron chi connectivity index (χ2n) is 11.2. The van der Waals surface area contributed by atoms with Gasteiger partial charge in [-0.1, -0.05) is 120 Å². The molecule has 0 unspecified atom stereocenters. The summed E-state index contributed by atoms with van der Waals surface area (Å²) in [4.78, 5) is 5.15. The average Bonchev–Trinajstić information content (AvgIpc) is 2.73. The van der Waals surface area contributed by atoms with Gasteiger partial charge in [0.1, 0.15) is 0 Å². The van der Waals surface area contributed by atoms with Crippen molar-refractivity contribution in [3.8, 4) is 0 Å². The van der Waals surface area contributed by atoms with Crippen LogP contribution in [0.25, 0.3) is 0 Å². The lowest BCUT2D eigenvalue weighted by Gasteiger charge is -2.22. The zero-order valence-electron chi connectivity index (χ0n) is 24.4. The highest BCUT2D eigenvalue weighted by Crippen LogP contribution is 2.13. The Bertz CT molecular complexity index is 285. The first kappa shape index (κ1) is 34.1. The third-order valence-electron chi connectivity index (χ3n) is 6.61. The highest BCUT2D eigenvalue weighted by Gasteiger charge is 2.06. The van der Waals surface area contributed by atoms with Gasteiger partial charge in [-0.25, -0.2) is 0 Å². The predicted octanol–water partition coefficient (Wildman–Crippen LogP) is 9.29. The van der Waals surface area contributed by atoms with Gasteiger partial charge in [-0.3, -0.25) is 0 Å². The molecule has 0 atom stereocenters. The zero-order valence-corrected chi connectivity index (χ0v) is 24.4. The molecule has 0 aromatic rings. The lowest BCUT2D eigenvalue weighted by Crippen LogP contribution is -2.27. The first-order valence-corrected chi connectivity index (χ1v) is 14.7. The molecule has 0 N–H and O–H groups in total. The molecule has 0 aliphatic heterocycles. The lowest BCUT2D eigenvalue weighted by molar-refractivity contribution is 0.252. The Balaban J connectivity index is 0. The van der Waals surface area contributed by atoms with Crippen LogP contribution in [-0.4, -0.2) is 49.1 Å². The summed E-state index contributed by atoms with van der Waals surface area (Å²) >= 11 is 0. The maximum atomic E-state index is 2.78. The molecule has 0 heterocycles. The van der Waals surface area contributed by atoms with Crippen molar-refractivity contribution in [2.24, 2.45) is 17.8 Å². The highest BCUT2D eigenvalue weighted by atomic mass is 15.1. The third-order valence-corrected chi connectivity index (χ3v) is 6.61. The lowest BCUT2D eigenvalue weighted by atomic mass is 10.0. The molecule has 0 aliphatic rings. The molecule has 0 aromatic heterocycles. The van der Waals surface area contributed by atoms with Crippen molar-refractivity contribution < 1.29 is 0 Å². The highest BCUT2D eigenvalue weighted by molar-refractivity contribution is 4.61. The summed E-state index contributed by atoms with van der Waals surface area (Å²) < 4.78 is 0. The molecule has 2 heteroatoms. The Kier molecular flexibility index (Phi) is 27.2. The Hall–Kier alpha value is -0.0800. The molecule has 0 radical (unpaired) electrons. The fourth-order valence-corrected chi connectivity index (χ4v) is 4.20. The Morgan fingerprint density at radius 1 is 0.375 bits per heavy atom. The molecule has 196 valence electrons. The van der Waals surface area contributed by atoms with E-state index in [9.17, 15) is 0 Å². The van der Waals surface area contributed by atoms with Gasteiger partial charge in [0, 0.05) is 0 Å².